The van der Waals surface area contributed by atoms with E-state index in [1.165, 1.54) is 10.9 Å². The van der Waals surface area contributed by atoms with Crippen molar-refractivity contribution < 1.29 is 0 Å². The average molecular weight is 417 g/mol. The van der Waals surface area contributed by atoms with Crippen LogP contribution in [0.15, 0.2) is 115 Å². The molecule has 0 aromatic heterocycles. The van der Waals surface area contributed by atoms with Crippen LogP contribution in [0.4, 0.5) is 0 Å². The van der Waals surface area contributed by atoms with E-state index in [0.29, 0.717) is 5.92 Å². The van der Waals surface area contributed by atoms with Gasteiger partial charge in [-0.05, 0) is 0 Å². The Bertz CT molecular complexity index is 972. The van der Waals surface area contributed by atoms with Crippen LogP contribution in [0.25, 0.3) is 0 Å². The van der Waals surface area contributed by atoms with Crippen LogP contribution in [0.3, 0.4) is 0 Å². The minimum absolute atomic E-state index is 0.482. The molecule has 0 aliphatic heterocycles. The van der Waals surface area contributed by atoms with Gasteiger partial charge in [-0.3, -0.25) is 0 Å². The molecule has 0 fully saturated rings. The van der Waals surface area contributed by atoms with Gasteiger partial charge in [0.15, 0.2) is 0 Å². The summed E-state index contributed by atoms with van der Waals surface area (Å²) < 4.78 is 0. The van der Waals surface area contributed by atoms with Gasteiger partial charge >= 0.3 is 179 Å². The number of halogens is 1. The third kappa shape index (κ3) is 3.12. The van der Waals surface area contributed by atoms with Gasteiger partial charge in [0.25, 0.3) is 0 Å². The molecular weight excluding hydrogens is 391 g/mol. The first-order valence-electron chi connectivity index (χ1n) is 10.1. The van der Waals surface area contributed by atoms with E-state index in [9.17, 15) is 0 Å². The molecule has 0 unspecified atom stereocenters. The van der Waals surface area contributed by atoms with E-state index in [-0.39, 0.29) is 0 Å². The summed E-state index contributed by atoms with van der Waals surface area (Å²) in [6, 6.07) is 40.8. The fourth-order valence-corrected chi connectivity index (χ4v) is 10.2. The van der Waals surface area contributed by atoms with Gasteiger partial charge in [0.1, 0.15) is 0 Å². The van der Waals surface area contributed by atoms with Crippen LogP contribution in [0, 0.1) is 0 Å². The molecule has 2 heteroatoms. The maximum atomic E-state index is 8.16. The minimum atomic E-state index is -3.41. The van der Waals surface area contributed by atoms with Crippen LogP contribution in [0.1, 0.15) is 25.3 Å². The van der Waals surface area contributed by atoms with Crippen molar-refractivity contribution in [1.82, 2.24) is 0 Å². The molecule has 0 spiro atoms. The first kappa shape index (κ1) is 19.9. The molecule has 4 aromatic carbocycles. The van der Waals surface area contributed by atoms with Gasteiger partial charge < -0.3 is 0 Å². The first-order chi connectivity index (χ1) is 14.1. The number of benzene rings is 4. The Morgan fingerprint density at radius 1 is 0.483 bits per heavy atom. The average Bonchev–Trinajstić information content (AvgIpc) is 2.80. The Kier molecular flexibility index (Phi) is 5.34. The van der Waals surface area contributed by atoms with Crippen molar-refractivity contribution in [3.63, 3.8) is 0 Å². The van der Waals surface area contributed by atoms with E-state index in [2.05, 4.69) is 129 Å². The van der Waals surface area contributed by atoms with Crippen molar-refractivity contribution in [2.24, 2.45) is 0 Å². The summed E-state index contributed by atoms with van der Waals surface area (Å²) in [6.45, 7) is 4.45. The summed E-state index contributed by atoms with van der Waals surface area (Å²) in [6.07, 6.45) is 0. The van der Waals surface area contributed by atoms with Gasteiger partial charge in [0.2, 0.25) is 0 Å². The second-order valence-electron chi connectivity index (χ2n) is 7.76. The van der Waals surface area contributed by atoms with Crippen molar-refractivity contribution >= 4 is 38.4 Å². The van der Waals surface area contributed by atoms with Gasteiger partial charge in [-0.25, -0.2) is 0 Å². The third-order valence-electron chi connectivity index (χ3n) is 5.77. The van der Waals surface area contributed by atoms with Crippen molar-refractivity contribution in [3.8, 4) is 0 Å². The van der Waals surface area contributed by atoms with Crippen LogP contribution < -0.4 is 21.2 Å². The zero-order chi connectivity index (χ0) is 20.3. The molecule has 0 atom stereocenters. The summed E-state index contributed by atoms with van der Waals surface area (Å²) >= 11 is 8.16. The zero-order valence-electron chi connectivity index (χ0n) is 16.9. The molecule has 0 nitrogen and oxygen atoms in total. The zero-order valence-corrected chi connectivity index (χ0v) is 18.5. The molecule has 4 rings (SSSR count). The van der Waals surface area contributed by atoms with Gasteiger partial charge in [-0.15, -0.1) is 0 Å². The first-order valence-corrected chi connectivity index (χ1v) is 13.2. The molecule has 0 aliphatic carbocycles. The second-order valence-corrected chi connectivity index (χ2v) is 13.9. The molecule has 0 N–H and O–H groups in total. The molecular formula is C27H26ClP. The topological polar surface area (TPSA) is 0 Å². The Morgan fingerprint density at radius 3 is 1.10 bits per heavy atom. The van der Waals surface area contributed by atoms with Crippen molar-refractivity contribution in [1.29, 1.82) is 0 Å². The maximum absolute atomic E-state index is 8.16. The van der Waals surface area contributed by atoms with Gasteiger partial charge in [0, 0.05) is 0 Å². The van der Waals surface area contributed by atoms with Crippen LogP contribution in [0.5, 0.6) is 0 Å². The van der Waals surface area contributed by atoms with Crippen LogP contribution >= 0.6 is 17.2 Å². The number of hydrogen-bond acceptors (Lipinski definition) is 0. The Hall–Kier alpha value is -2.40. The summed E-state index contributed by atoms with van der Waals surface area (Å²) in [4.78, 5) is 0. The third-order valence-corrected chi connectivity index (χ3v) is 13.2. The molecule has 0 aliphatic rings. The van der Waals surface area contributed by atoms with Gasteiger partial charge in [0.05, 0.1) is 0 Å². The fraction of sp³-hybridized carbons (Fsp3) is 0.111. The number of rotatable bonds is 5. The molecule has 146 valence electrons. The van der Waals surface area contributed by atoms with Crippen molar-refractivity contribution in [2.45, 2.75) is 19.8 Å². The molecule has 4 aromatic rings. The van der Waals surface area contributed by atoms with Crippen LogP contribution in [0.2, 0.25) is 0 Å². The monoisotopic (exact) mass is 416 g/mol. The predicted molar refractivity (Wildman–Crippen MR) is 131 cm³/mol. The van der Waals surface area contributed by atoms with Gasteiger partial charge in [-0.2, -0.15) is 0 Å². The molecule has 0 bridgehead atoms. The summed E-state index contributed by atoms with van der Waals surface area (Å²) in [5.74, 6) is -2.92. The van der Waals surface area contributed by atoms with Crippen molar-refractivity contribution in [2.75, 3.05) is 0 Å². The summed E-state index contributed by atoms with van der Waals surface area (Å²) in [5.41, 5.74) is 1.32. The van der Waals surface area contributed by atoms with Crippen LogP contribution in [-0.4, -0.2) is 0 Å². The van der Waals surface area contributed by atoms with Crippen LogP contribution in [-0.2, 0) is 0 Å². The Labute approximate surface area is 178 Å². The molecule has 0 amide bonds. The Balaban J connectivity index is 2.16. The van der Waals surface area contributed by atoms with E-state index >= 15 is 0 Å². The fourth-order valence-electron chi connectivity index (χ4n) is 4.16. The molecule has 0 radical (unpaired) electrons. The Morgan fingerprint density at radius 2 is 0.793 bits per heavy atom. The summed E-state index contributed by atoms with van der Waals surface area (Å²) in [7, 11) is 0. The normalized spacial score (nSPS) is 13.0. The van der Waals surface area contributed by atoms with E-state index in [1.807, 2.05) is 0 Å². The van der Waals surface area contributed by atoms with E-state index < -0.39 is 5.96 Å². The van der Waals surface area contributed by atoms with E-state index in [4.69, 9.17) is 11.2 Å². The summed E-state index contributed by atoms with van der Waals surface area (Å²) in [5, 5.41) is 4.66. The second kappa shape index (κ2) is 7.79. The molecule has 0 saturated carbocycles. The van der Waals surface area contributed by atoms with E-state index in [0.717, 1.165) is 15.9 Å². The van der Waals surface area contributed by atoms with Gasteiger partial charge in [-0.1, -0.05) is 0 Å². The molecule has 29 heavy (non-hydrogen) atoms. The molecule has 0 saturated heterocycles. The van der Waals surface area contributed by atoms with E-state index in [1.54, 1.807) is 0 Å². The predicted octanol–water partition coefficient (Wildman–Crippen LogP) is 6.12. The standard InChI is InChI=1S/C27H26ClP/c1-22(2)23-18-20-27(21-19-23)29(28,24-12-6-3-7-13-24,25-14-8-4-9-15-25)26-16-10-5-11-17-26/h3-22H,1-2H3. The SMILES string of the molecule is CC(C)c1ccc(P(Cl)(c2ccccc2)(c2ccccc2)c2ccccc2)cc1. The van der Waals surface area contributed by atoms with Crippen molar-refractivity contribution in [3.05, 3.63) is 121 Å². The molecule has 0 heterocycles. The number of hydrogen-bond donors (Lipinski definition) is 0. The quantitative estimate of drug-likeness (QED) is 0.344.